The summed E-state index contributed by atoms with van der Waals surface area (Å²) < 4.78 is 5.41. The second kappa shape index (κ2) is 7.88. The minimum absolute atomic E-state index is 0.108. The normalized spacial score (nSPS) is 13.8. The zero-order valence-electron chi connectivity index (χ0n) is 13.6. The molecule has 0 radical (unpaired) electrons. The highest BCUT2D eigenvalue weighted by atomic mass is 16.5. The van der Waals surface area contributed by atoms with E-state index in [0.29, 0.717) is 17.5 Å². The van der Waals surface area contributed by atoms with Crippen LogP contribution in [-0.4, -0.2) is 36.1 Å². The Bertz CT molecular complexity index is 486. The average molecular weight is 293 g/mol. The Labute approximate surface area is 127 Å². The SMILES string of the molecule is COc1ccc(/C(N)=N/O)cc1CN(C)C(C)CC(C)C. The van der Waals surface area contributed by atoms with Gasteiger partial charge in [-0.3, -0.25) is 4.90 Å². The third kappa shape index (κ3) is 4.93. The summed E-state index contributed by atoms with van der Waals surface area (Å²) in [6.45, 7) is 7.43. The molecule has 1 rings (SSSR count). The van der Waals surface area contributed by atoms with Crippen LogP contribution in [0.2, 0.25) is 0 Å². The van der Waals surface area contributed by atoms with Crippen molar-refractivity contribution in [2.75, 3.05) is 14.2 Å². The predicted molar refractivity (Wildman–Crippen MR) is 85.9 cm³/mol. The number of rotatable bonds is 7. The van der Waals surface area contributed by atoms with Crippen molar-refractivity contribution in [1.82, 2.24) is 4.90 Å². The molecule has 0 heterocycles. The van der Waals surface area contributed by atoms with Gasteiger partial charge in [0.05, 0.1) is 7.11 Å². The molecule has 21 heavy (non-hydrogen) atoms. The summed E-state index contributed by atoms with van der Waals surface area (Å²) in [6, 6.07) is 6.02. The highest BCUT2D eigenvalue weighted by Gasteiger charge is 2.14. The zero-order valence-corrected chi connectivity index (χ0v) is 13.6. The molecule has 0 aromatic heterocycles. The smallest absolute Gasteiger partial charge is 0.170 e. The van der Waals surface area contributed by atoms with Crippen LogP contribution < -0.4 is 10.5 Å². The maximum atomic E-state index is 8.80. The maximum absolute atomic E-state index is 8.80. The monoisotopic (exact) mass is 293 g/mol. The number of hydrogen-bond donors (Lipinski definition) is 2. The number of nitrogens with zero attached hydrogens (tertiary/aromatic N) is 2. The molecule has 1 atom stereocenters. The largest absolute Gasteiger partial charge is 0.496 e. The Morgan fingerprint density at radius 2 is 2.05 bits per heavy atom. The van der Waals surface area contributed by atoms with Crippen LogP contribution in [0, 0.1) is 5.92 Å². The Morgan fingerprint density at radius 1 is 1.38 bits per heavy atom. The summed E-state index contributed by atoms with van der Waals surface area (Å²) in [4.78, 5) is 2.29. The molecule has 0 aliphatic carbocycles. The van der Waals surface area contributed by atoms with Crippen molar-refractivity contribution in [3.05, 3.63) is 29.3 Å². The molecule has 0 bridgehead atoms. The van der Waals surface area contributed by atoms with E-state index in [2.05, 4.69) is 37.9 Å². The summed E-state index contributed by atoms with van der Waals surface area (Å²) in [5.74, 6) is 1.58. The van der Waals surface area contributed by atoms with Gasteiger partial charge in [-0.2, -0.15) is 0 Å². The van der Waals surface area contributed by atoms with E-state index in [4.69, 9.17) is 15.7 Å². The Kier molecular flexibility index (Phi) is 6.49. The third-order valence-corrected chi connectivity index (χ3v) is 3.67. The lowest BCUT2D eigenvalue weighted by Gasteiger charge is -2.27. The first-order valence-corrected chi connectivity index (χ1v) is 7.24. The van der Waals surface area contributed by atoms with Crippen molar-refractivity contribution in [2.45, 2.75) is 39.8 Å². The van der Waals surface area contributed by atoms with Gasteiger partial charge in [0.15, 0.2) is 5.84 Å². The van der Waals surface area contributed by atoms with Crippen molar-refractivity contribution >= 4 is 5.84 Å². The Balaban J connectivity index is 2.94. The third-order valence-electron chi connectivity index (χ3n) is 3.67. The molecule has 5 heteroatoms. The highest BCUT2D eigenvalue weighted by molar-refractivity contribution is 5.97. The molecule has 0 saturated heterocycles. The molecular formula is C16H27N3O2. The number of hydrogen-bond acceptors (Lipinski definition) is 4. The average Bonchev–Trinajstić information content (AvgIpc) is 2.45. The van der Waals surface area contributed by atoms with Crippen LogP contribution in [-0.2, 0) is 6.54 Å². The maximum Gasteiger partial charge on any atom is 0.170 e. The van der Waals surface area contributed by atoms with Gasteiger partial charge in [-0.05, 0) is 44.5 Å². The zero-order chi connectivity index (χ0) is 16.0. The van der Waals surface area contributed by atoms with Gasteiger partial charge in [0.25, 0.3) is 0 Å². The molecule has 1 aromatic carbocycles. The summed E-state index contributed by atoms with van der Waals surface area (Å²) >= 11 is 0. The van der Waals surface area contributed by atoms with E-state index in [-0.39, 0.29) is 5.84 Å². The van der Waals surface area contributed by atoms with Crippen molar-refractivity contribution in [3.63, 3.8) is 0 Å². The lowest BCUT2D eigenvalue weighted by Crippen LogP contribution is -2.30. The highest BCUT2D eigenvalue weighted by Crippen LogP contribution is 2.23. The number of methoxy groups -OCH3 is 1. The summed E-state index contributed by atoms with van der Waals surface area (Å²) in [5.41, 5.74) is 7.38. The minimum atomic E-state index is 0.108. The van der Waals surface area contributed by atoms with E-state index >= 15 is 0 Å². The fourth-order valence-corrected chi connectivity index (χ4v) is 2.41. The van der Waals surface area contributed by atoms with Crippen molar-refractivity contribution in [1.29, 1.82) is 0 Å². The summed E-state index contributed by atoms with van der Waals surface area (Å²) in [7, 11) is 3.75. The van der Waals surface area contributed by atoms with E-state index in [1.165, 1.54) is 0 Å². The van der Waals surface area contributed by atoms with Gasteiger partial charge in [-0.1, -0.05) is 19.0 Å². The van der Waals surface area contributed by atoms with Gasteiger partial charge in [-0.15, -0.1) is 0 Å². The number of nitrogens with two attached hydrogens (primary N) is 1. The molecule has 0 saturated carbocycles. The van der Waals surface area contributed by atoms with Crippen LogP contribution in [0.5, 0.6) is 5.75 Å². The van der Waals surface area contributed by atoms with Crippen molar-refractivity contribution in [2.24, 2.45) is 16.8 Å². The lowest BCUT2D eigenvalue weighted by molar-refractivity contribution is 0.218. The molecule has 0 fully saturated rings. The summed E-state index contributed by atoms with van der Waals surface area (Å²) in [6.07, 6.45) is 1.14. The first kappa shape index (κ1) is 17.3. The van der Waals surface area contributed by atoms with Crippen LogP contribution in [0.3, 0.4) is 0 Å². The minimum Gasteiger partial charge on any atom is -0.496 e. The molecule has 0 aliphatic rings. The van der Waals surface area contributed by atoms with Crippen LogP contribution >= 0.6 is 0 Å². The number of amidine groups is 1. The van der Waals surface area contributed by atoms with Crippen LogP contribution in [0.4, 0.5) is 0 Å². The lowest BCUT2D eigenvalue weighted by atomic mass is 10.0. The summed E-state index contributed by atoms with van der Waals surface area (Å²) in [5, 5.41) is 11.8. The van der Waals surface area contributed by atoms with Gasteiger partial charge in [0, 0.05) is 23.7 Å². The van der Waals surface area contributed by atoms with E-state index in [9.17, 15) is 0 Å². The quantitative estimate of drug-likeness (QED) is 0.351. The van der Waals surface area contributed by atoms with E-state index in [0.717, 1.165) is 24.3 Å². The molecule has 0 aliphatic heterocycles. The first-order chi connectivity index (χ1) is 9.88. The standard InChI is InChI=1S/C16H27N3O2/c1-11(2)8-12(3)19(4)10-14-9-13(16(17)18-20)6-7-15(14)21-5/h6-7,9,11-12,20H,8,10H2,1-5H3,(H2,17,18). The van der Waals surface area contributed by atoms with E-state index in [1.807, 2.05) is 12.1 Å². The van der Waals surface area contributed by atoms with E-state index in [1.54, 1.807) is 13.2 Å². The van der Waals surface area contributed by atoms with Crippen LogP contribution in [0.15, 0.2) is 23.4 Å². The molecule has 1 aromatic rings. The second-order valence-corrected chi connectivity index (χ2v) is 5.91. The van der Waals surface area contributed by atoms with Gasteiger partial charge in [0.2, 0.25) is 0 Å². The van der Waals surface area contributed by atoms with Crippen LogP contribution in [0.25, 0.3) is 0 Å². The van der Waals surface area contributed by atoms with Gasteiger partial charge in [-0.25, -0.2) is 0 Å². The molecule has 0 spiro atoms. The topological polar surface area (TPSA) is 71.1 Å². The Hall–Kier alpha value is -1.75. The van der Waals surface area contributed by atoms with Gasteiger partial charge >= 0.3 is 0 Å². The predicted octanol–water partition coefficient (Wildman–Crippen LogP) is 2.66. The fraction of sp³-hybridized carbons (Fsp3) is 0.562. The fourth-order valence-electron chi connectivity index (χ4n) is 2.41. The molecule has 3 N–H and O–H groups in total. The molecule has 0 amide bonds. The number of benzene rings is 1. The van der Waals surface area contributed by atoms with Crippen molar-refractivity contribution < 1.29 is 9.94 Å². The number of ether oxygens (including phenoxy) is 1. The number of oxime groups is 1. The molecule has 5 nitrogen and oxygen atoms in total. The Morgan fingerprint density at radius 3 is 2.57 bits per heavy atom. The van der Waals surface area contributed by atoms with Crippen molar-refractivity contribution in [3.8, 4) is 5.75 Å². The van der Waals surface area contributed by atoms with E-state index < -0.39 is 0 Å². The van der Waals surface area contributed by atoms with Gasteiger partial charge < -0.3 is 15.7 Å². The van der Waals surface area contributed by atoms with Crippen LogP contribution in [0.1, 0.15) is 38.3 Å². The van der Waals surface area contributed by atoms with Gasteiger partial charge in [0.1, 0.15) is 5.75 Å². The molecular weight excluding hydrogens is 266 g/mol. The second-order valence-electron chi connectivity index (χ2n) is 5.91. The molecule has 118 valence electrons. The first-order valence-electron chi connectivity index (χ1n) is 7.24. The molecule has 1 unspecified atom stereocenters.